The number of rotatable bonds is 76. The summed E-state index contributed by atoms with van der Waals surface area (Å²) in [5, 5.41) is 10.6. The highest BCUT2D eigenvalue weighted by Gasteiger charge is 2.30. The molecule has 6 atom stereocenters. The van der Waals surface area contributed by atoms with E-state index in [1.54, 1.807) is 0 Å². The first-order valence-electron chi connectivity index (χ1n) is 40.7. The first-order chi connectivity index (χ1) is 47.1. The van der Waals surface area contributed by atoms with Crippen molar-refractivity contribution in [3.05, 3.63) is 0 Å². The van der Waals surface area contributed by atoms with Crippen LogP contribution >= 0.6 is 15.6 Å². The number of unbranched alkanes of at least 4 members (excludes halogenated alkanes) is 41. The Kier molecular flexibility index (Phi) is 66.8. The average molecular weight is 1440 g/mol. The van der Waals surface area contributed by atoms with Crippen molar-refractivity contribution < 1.29 is 80.2 Å². The molecule has 0 aliphatic carbocycles. The molecule has 17 nitrogen and oxygen atoms in total. The minimum Gasteiger partial charge on any atom is -0.462 e. The van der Waals surface area contributed by atoms with Crippen molar-refractivity contribution in [1.29, 1.82) is 0 Å². The maximum atomic E-state index is 13.1. The van der Waals surface area contributed by atoms with Gasteiger partial charge >= 0.3 is 39.5 Å². The third-order valence-corrected chi connectivity index (χ3v) is 20.6. The molecule has 19 heteroatoms. The van der Waals surface area contributed by atoms with Crippen LogP contribution in [0.4, 0.5) is 0 Å². The van der Waals surface area contributed by atoms with Gasteiger partial charge in [0.15, 0.2) is 12.2 Å². The zero-order valence-corrected chi connectivity index (χ0v) is 66.2. The molecule has 0 aliphatic heterocycles. The van der Waals surface area contributed by atoms with E-state index in [-0.39, 0.29) is 25.7 Å². The summed E-state index contributed by atoms with van der Waals surface area (Å²) in [6.45, 7) is 14.2. The summed E-state index contributed by atoms with van der Waals surface area (Å²) in [6, 6.07) is 0. The Balaban J connectivity index is 5.25. The molecule has 0 bridgehead atoms. The number of esters is 4. The molecule has 3 unspecified atom stereocenters. The number of hydrogen-bond acceptors (Lipinski definition) is 15. The predicted octanol–water partition coefficient (Wildman–Crippen LogP) is 23.2. The molecule has 0 amide bonds. The van der Waals surface area contributed by atoms with Crippen LogP contribution in [0.15, 0.2) is 0 Å². The maximum absolute atomic E-state index is 13.1. The standard InChI is InChI=1S/C79H154O17P2/c1-9-72(8)58-50-42-37-38-44-52-60-77(82)90-66-75(96-79(84)62-54-46-36-30-24-23-27-33-41-49-57-71(6)7)68-94-98(87,88)92-64-73(80)63-91-97(85,86)93-67-74(65-89-76(81)59-51-43-34-28-21-17-14-13-16-20-26-32-40-48-56-70(4)5)95-78(83)61-53-45-35-29-22-18-12-10-11-15-19-25-31-39-47-55-69(2)3/h69-75,80H,9-68H2,1-8H3,(H,85,86)(H,87,88)/t72?,73-,74-,75-/m1/s1. The van der Waals surface area contributed by atoms with E-state index in [1.165, 1.54) is 199 Å². The lowest BCUT2D eigenvalue weighted by Gasteiger charge is -2.21. The molecule has 0 radical (unpaired) electrons. The van der Waals surface area contributed by atoms with Gasteiger partial charge in [0.25, 0.3) is 0 Å². The lowest BCUT2D eigenvalue weighted by Crippen LogP contribution is -2.30. The van der Waals surface area contributed by atoms with E-state index in [2.05, 4.69) is 55.4 Å². The van der Waals surface area contributed by atoms with Gasteiger partial charge in [-0.15, -0.1) is 0 Å². The van der Waals surface area contributed by atoms with Crippen LogP contribution in [0.3, 0.4) is 0 Å². The van der Waals surface area contributed by atoms with Gasteiger partial charge in [-0.25, -0.2) is 9.13 Å². The second-order valence-electron chi connectivity index (χ2n) is 30.1. The number of ether oxygens (including phenoxy) is 4. The van der Waals surface area contributed by atoms with Crippen LogP contribution in [-0.2, 0) is 65.4 Å². The van der Waals surface area contributed by atoms with E-state index < -0.39 is 97.5 Å². The van der Waals surface area contributed by atoms with E-state index in [0.717, 1.165) is 120 Å². The van der Waals surface area contributed by atoms with Crippen molar-refractivity contribution >= 4 is 39.5 Å². The maximum Gasteiger partial charge on any atom is 0.472 e. The van der Waals surface area contributed by atoms with Crippen LogP contribution in [0, 0.1) is 23.7 Å². The first-order valence-corrected chi connectivity index (χ1v) is 43.7. The Hall–Kier alpha value is -1.94. The monoisotopic (exact) mass is 1440 g/mol. The zero-order chi connectivity index (χ0) is 72.4. The van der Waals surface area contributed by atoms with Gasteiger partial charge in [0.1, 0.15) is 19.3 Å². The topological polar surface area (TPSA) is 237 Å². The highest BCUT2D eigenvalue weighted by molar-refractivity contribution is 7.47. The van der Waals surface area contributed by atoms with E-state index in [1.807, 2.05) is 0 Å². The molecule has 0 rings (SSSR count). The molecule has 0 spiro atoms. The van der Waals surface area contributed by atoms with Crippen LogP contribution in [-0.4, -0.2) is 96.7 Å². The quantitative estimate of drug-likeness (QED) is 0.0222. The van der Waals surface area contributed by atoms with Crippen molar-refractivity contribution in [3.8, 4) is 0 Å². The van der Waals surface area contributed by atoms with Gasteiger partial charge in [-0.2, -0.15) is 0 Å². The normalized spacial score (nSPS) is 14.3. The third kappa shape index (κ3) is 71.1. The molecule has 0 saturated heterocycles. The fourth-order valence-electron chi connectivity index (χ4n) is 12.0. The Morgan fingerprint density at radius 1 is 0.286 bits per heavy atom. The van der Waals surface area contributed by atoms with Crippen molar-refractivity contribution in [1.82, 2.24) is 0 Å². The second kappa shape index (κ2) is 68.2. The minimum absolute atomic E-state index is 0.105. The number of carbonyl (C=O) groups is 4. The Morgan fingerprint density at radius 3 is 0.724 bits per heavy atom. The predicted molar refractivity (Wildman–Crippen MR) is 400 cm³/mol. The largest absolute Gasteiger partial charge is 0.472 e. The summed E-state index contributed by atoms with van der Waals surface area (Å²) >= 11 is 0. The highest BCUT2D eigenvalue weighted by atomic mass is 31.2. The molecular formula is C79H154O17P2. The molecule has 98 heavy (non-hydrogen) atoms. The lowest BCUT2D eigenvalue weighted by atomic mass is 10.00. The first kappa shape index (κ1) is 96.1. The van der Waals surface area contributed by atoms with E-state index in [9.17, 15) is 43.2 Å². The SMILES string of the molecule is CCC(C)CCCCCCCCC(=O)OC[C@H](COP(=O)(O)OC[C@H](O)COP(=O)(O)OC[C@@H](COC(=O)CCCCCCCCCCCCCCCCC(C)C)OC(=O)CCCCCCCCCCCCCCCCCC(C)C)OC(=O)CCCCCCCCCCCCC(C)C. The number of aliphatic hydroxyl groups excluding tert-OH is 1. The van der Waals surface area contributed by atoms with Gasteiger partial charge in [0, 0.05) is 25.7 Å². The molecule has 0 fully saturated rings. The van der Waals surface area contributed by atoms with Crippen molar-refractivity contribution in [2.45, 2.75) is 420 Å². The average Bonchev–Trinajstić information content (AvgIpc) is 1.12. The van der Waals surface area contributed by atoms with Crippen molar-refractivity contribution in [3.63, 3.8) is 0 Å². The minimum atomic E-state index is -4.96. The van der Waals surface area contributed by atoms with E-state index in [4.69, 9.17) is 37.0 Å². The van der Waals surface area contributed by atoms with Gasteiger partial charge < -0.3 is 33.8 Å². The summed E-state index contributed by atoms with van der Waals surface area (Å²) in [7, 11) is -9.92. The number of aliphatic hydroxyl groups is 1. The van der Waals surface area contributed by atoms with E-state index >= 15 is 0 Å². The van der Waals surface area contributed by atoms with Crippen LogP contribution in [0.25, 0.3) is 0 Å². The van der Waals surface area contributed by atoms with Gasteiger partial charge in [-0.3, -0.25) is 37.3 Å². The summed E-state index contributed by atoms with van der Waals surface area (Å²) in [5.41, 5.74) is 0. The van der Waals surface area contributed by atoms with Gasteiger partial charge in [-0.05, 0) is 49.4 Å². The number of phosphoric acid groups is 2. The van der Waals surface area contributed by atoms with Crippen molar-refractivity contribution in [2.24, 2.45) is 23.7 Å². The molecule has 0 aromatic carbocycles. The summed E-state index contributed by atoms with van der Waals surface area (Å²) in [4.78, 5) is 72.9. The van der Waals surface area contributed by atoms with Gasteiger partial charge in [0.2, 0.25) is 0 Å². The van der Waals surface area contributed by atoms with Gasteiger partial charge in [0.05, 0.1) is 26.4 Å². The molecule has 582 valence electrons. The summed E-state index contributed by atoms with van der Waals surface area (Å²) < 4.78 is 68.6. The highest BCUT2D eigenvalue weighted by Crippen LogP contribution is 2.45. The Bertz CT molecular complexity index is 1920. The number of phosphoric ester groups is 2. The molecular weight excluding hydrogens is 1280 g/mol. The van der Waals surface area contributed by atoms with Crippen LogP contribution < -0.4 is 0 Å². The summed E-state index contributed by atoms with van der Waals surface area (Å²) in [6.07, 6.45) is 54.1. The molecule has 0 aromatic rings. The van der Waals surface area contributed by atoms with Gasteiger partial charge in [-0.1, -0.05) is 351 Å². The Labute approximate surface area is 600 Å². The summed E-state index contributed by atoms with van der Waals surface area (Å²) in [5.74, 6) is 0.967. The smallest absolute Gasteiger partial charge is 0.462 e. The Morgan fingerprint density at radius 2 is 0.490 bits per heavy atom. The fourth-order valence-corrected chi connectivity index (χ4v) is 13.6. The van der Waals surface area contributed by atoms with Crippen LogP contribution in [0.1, 0.15) is 402 Å². The van der Waals surface area contributed by atoms with Crippen LogP contribution in [0.5, 0.6) is 0 Å². The molecule has 0 aromatic heterocycles. The van der Waals surface area contributed by atoms with Crippen molar-refractivity contribution in [2.75, 3.05) is 39.6 Å². The fraction of sp³-hybridized carbons (Fsp3) is 0.949. The van der Waals surface area contributed by atoms with E-state index in [0.29, 0.717) is 25.7 Å². The molecule has 3 N–H and O–H groups in total. The number of hydrogen-bond donors (Lipinski definition) is 3. The third-order valence-electron chi connectivity index (χ3n) is 18.7. The zero-order valence-electron chi connectivity index (χ0n) is 64.4. The molecule has 0 saturated carbocycles. The van der Waals surface area contributed by atoms with Crippen LogP contribution in [0.2, 0.25) is 0 Å². The lowest BCUT2D eigenvalue weighted by molar-refractivity contribution is -0.161. The number of carbonyl (C=O) groups excluding carboxylic acids is 4. The second-order valence-corrected chi connectivity index (χ2v) is 33.0. The molecule has 0 aliphatic rings. The molecule has 0 heterocycles.